The fourth-order valence-corrected chi connectivity index (χ4v) is 3.78. The van der Waals surface area contributed by atoms with Crippen LogP contribution < -0.4 is 4.90 Å². The number of halogens is 3. The summed E-state index contributed by atoms with van der Waals surface area (Å²) in [6, 6.07) is 9.90. The first kappa shape index (κ1) is 19.2. The fraction of sp³-hybridized carbons (Fsp3) is 0.273. The van der Waals surface area contributed by atoms with Gasteiger partial charge in [0.15, 0.2) is 5.82 Å². The second-order valence-corrected chi connectivity index (χ2v) is 7.14. The maximum Gasteiger partial charge on any atom is 0.227 e. The molecule has 0 aliphatic carbocycles. The third-order valence-corrected chi connectivity index (χ3v) is 5.17. The van der Waals surface area contributed by atoms with Gasteiger partial charge in [0.2, 0.25) is 5.91 Å². The molecule has 3 aromatic rings. The number of carbonyl (C=O) groups is 1. The smallest absolute Gasteiger partial charge is 0.227 e. The van der Waals surface area contributed by atoms with Gasteiger partial charge in [-0.15, -0.1) is 0 Å². The van der Waals surface area contributed by atoms with Crippen LogP contribution in [0.15, 0.2) is 48.7 Å². The second-order valence-electron chi connectivity index (χ2n) is 7.14. The Balaban J connectivity index is 1.51. The third kappa shape index (κ3) is 4.18. The molecule has 0 radical (unpaired) electrons. The molecule has 1 amide bonds. The molecule has 2 aromatic carbocycles. The summed E-state index contributed by atoms with van der Waals surface area (Å²) < 4.78 is 41.2. The summed E-state index contributed by atoms with van der Waals surface area (Å²) in [4.78, 5) is 20.5. The molecule has 0 saturated carbocycles. The number of amides is 1. The van der Waals surface area contributed by atoms with Gasteiger partial charge in [0.05, 0.1) is 6.42 Å². The molecule has 4 rings (SSSR count). The Labute approximate surface area is 166 Å². The highest BCUT2D eigenvalue weighted by molar-refractivity contribution is 5.92. The Kier molecular flexibility index (Phi) is 5.38. The van der Waals surface area contributed by atoms with Gasteiger partial charge in [-0.25, -0.2) is 13.2 Å². The van der Waals surface area contributed by atoms with Gasteiger partial charge in [-0.2, -0.15) is 0 Å². The summed E-state index contributed by atoms with van der Waals surface area (Å²) in [7, 11) is 0. The van der Waals surface area contributed by atoms with Crippen molar-refractivity contribution in [2.24, 2.45) is 0 Å². The molecule has 1 aromatic heterocycles. The average Bonchev–Trinajstić information content (AvgIpc) is 2.94. The molecule has 0 N–H and O–H groups in total. The minimum Gasteiger partial charge on any atom is -0.369 e. The van der Waals surface area contributed by atoms with E-state index < -0.39 is 11.6 Å². The van der Waals surface area contributed by atoms with Crippen LogP contribution in [0.25, 0.3) is 10.9 Å². The molecule has 0 unspecified atom stereocenters. The van der Waals surface area contributed by atoms with E-state index in [4.69, 9.17) is 0 Å². The number of rotatable bonds is 3. The number of hydrogen-bond donors (Lipinski definition) is 0. The maximum atomic E-state index is 14.1. The zero-order chi connectivity index (χ0) is 20.4. The number of anilines is 1. The first-order chi connectivity index (χ1) is 14.0. The number of nitrogens with zero attached hydrogens (tertiary/aromatic N) is 3. The molecule has 4 nitrogen and oxygen atoms in total. The van der Waals surface area contributed by atoms with Crippen LogP contribution in [-0.2, 0) is 11.2 Å². The fourth-order valence-electron chi connectivity index (χ4n) is 3.78. The topological polar surface area (TPSA) is 36.4 Å². The van der Waals surface area contributed by atoms with Crippen LogP contribution in [0.5, 0.6) is 0 Å². The van der Waals surface area contributed by atoms with E-state index in [1.54, 1.807) is 23.1 Å². The van der Waals surface area contributed by atoms with Crippen molar-refractivity contribution < 1.29 is 18.0 Å². The molecular weight excluding hydrogens is 379 g/mol. The van der Waals surface area contributed by atoms with E-state index in [1.165, 1.54) is 24.4 Å². The number of benzene rings is 2. The lowest BCUT2D eigenvalue weighted by atomic mass is 10.1. The van der Waals surface area contributed by atoms with Gasteiger partial charge in [-0.1, -0.05) is 12.1 Å². The molecule has 7 heteroatoms. The van der Waals surface area contributed by atoms with Crippen LogP contribution in [0, 0.1) is 17.5 Å². The zero-order valence-corrected chi connectivity index (χ0v) is 15.7. The number of hydrogen-bond acceptors (Lipinski definition) is 3. The molecule has 1 fully saturated rings. The summed E-state index contributed by atoms with van der Waals surface area (Å²) in [5.41, 5.74) is 1.47. The predicted octanol–water partition coefficient (Wildman–Crippen LogP) is 3.93. The quantitative estimate of drug-likeness (QED) is 0.670. The predicted molar refractivity (Wildman–Crippen MR) is 105 cm³/mol. The minimum atomic E-state index is -0.691. The number of aromatic nitrogens is 1. The van der Waals surface area contributed by atoms with Crippen LogP contribution in [0.4, 0.5) is 18.9 Å². The van der Waals surface area contributed by atoms with E-state index in [0.717, 1.165) is 12.5 Å². The second kappa shape index (κ2) is 8.11. The Hall–Kier alpha value is -3.09. The van der Waals surface area contributed by atoms with E-state index in [-0.39, 0.29) is 23.7 Å². The van der Waals surface area contributed by atoms with Crippen molar-refractivity contribution >= 4 is 22.5 Å². The lowest BCUT2D eigenvalue weighted by molar-refractivity contribution is -0.130. The Morgan fingerprint density at radius 3 is 2.66 bits per heavy atom. The molecule has 1 aliphatic rings. The van der Waals surface area contributed by atoms with Crippen LogP contribution in [0.2, 0.25) is 0 Å². The van der Waals surface area contributed by atoms with Crippen molar-refractivity contribution in [1.29, 1.82) is 0 Å². The summed E-state index contributed by atoms with van der Waals surface area (Å²) in [5.74, 6) is -1.76. The van der Waals surface area contributed by atoms with Crippen molar-refractivity contribution in [2.75, 3.05) is 31.1 Å². The van der Waals surface area contributed by atoms with Gasteiger partial charge < -0.3 is 9.80 Å². The Morgan fingerprint density at radius 1 is 0.966 bits per heavy atom. The molecule has 29 heavy (non-hydrogen) atoms. The van der Waals surface area contributed by atoms with E-state index in [2.05, 4.69) is 4.98 Å². The summed E-state index contributed by atoms with van der Waals surface area (Å²) in [5, 5.41) is 0.421. The zero-order valence-electron chi connectivity index (χ0n) is 15.7. The molecule has 0 bridgehead atoms. The molecule has 150 valence electrons. The van der Waals surface area contributed by atoms with Gasteiger partial charge in [-0.3, -0.25) is 9.78 Å². The number of pyridine rings is 1. The van der Waals surface area contributed by atoms with Gasteiger partial charge in [0.1, 0.15) is 17.2 Å². The standard InChI is InChI=1S/C22H20F3N3O/c23-16-4-1-3-15(11-16)12-21(29)28-8-2-7-27(9-10-28)20-5-6-26-22-18(20)13-17(24)14-19(22)25/h1,3-6,11,13-14H,2,7-10,12H2. The molecule has 0 spiro atoms. The first-order valence-electron chi connectivity index (χ1n) is 9.52. The van der Waals surface area contributed by atoms with E-state index >= 15 is 0 Å². The van der Waals surface area contributed by atoms with Crippen molar-refractivity contribution in [3.8, 4) is 0 Å². The molecule has 1 saturated heterocycles. The van der Waals surface area contributed by atoms with E-state index in [9.17, 15) is 18.0 Å². The van der Waals surface area contributed by atoms with Gasteiger partial charge in [0, 0.05) is 49.5 Å². The first-order valence-corrected chi connectivity index (χ1v) is 9.52. The van der Waals surface area contributed by atoms with Crippen LogP contribution >= 0.6 is 0 Å². The summed E-state index contributed by atoms with van der Waals surface area (Å²) in [6.45, 7) is 2.25. The van der Waals surface area contributed by atoms with Crippen molar-refractivity contribution in [2.45, 2.75) is 12.8 Å². The van der Waals surface area contributed by atoms with Crippen molar-refractivity contribution in [3.63, 3.8) is 0 Å². The molecule has 0 atom stereocenters. The van der Waals surface area contributed by atoms with Crippen molar-refractivity contribution in [1.82, 2.24) is 9.88 Å². The molecule has 2 heterocycles. The average molecular weight is 399 g/mol. The monoisotopic (exact) mass is 399 g/mol. The highest BCUT2D eigenvalue weighted by Gasteiger charge is 2.21. The van der Waals surface area contributed by atoms with Crippen molar-refractivity contribution in [3.05, 3.63) is 71.7 Å². The number of carbonyl (C=O) groups excluding carboxylic acids is 1. The summed E-state index contributed by atoms with van der Waals surface area (Å²) in [6.07, 6.45) is 2.37. The highest BCUT2D eigenvalue weighted by Crippen LogP contribution is 2.28. The van der Waals surface area contributed by atoms with E-state index in [1.807, 2.05) is 4.90 Å². The van der Waals surface area contributed by atoms with Crippen LogP contribution in [0.1, 0.15) is 12.0 Å². The lowest BCUT2D eigenvalue weighted by Gasteiger charge is -2.25. The third-order valence-electron chi connectivity index (χ3n) is 5.17. The van der Waals surface area contributed by atoms with Gasteiger partial charge in [0.25, 0.3) is 0 Å². The Bertz CT molecular complexity index is 1060. The molecule has 1 aliphatic heterocycles. The lowest BCUT2D eigenvalue weighted by Crippen LogP contribution is -2.36. The van der Waals surface area contributed by atoms with Gasteiger partial charge >= 0.3 is 0 Å². The highest BCUT2D eigenvalue weighted by atomic mass is 19.1. The summed E-state index contributed by atoms with van der Waals surface area (Å²) >= 11 is 0. The van der Waals surface area contributed by atoms with Gasteiger partial charge in [-0.05, 0) is 36.2 Å². The van der Waals surface area contributed by atoms with Crippen LogP contribution in [-0.4, -0.2) is 42.0 Å². The van der Waals surface area contributed by atoms with Crippen LogP contribution in [0.3, 0.4) is 0 Å². The largest absolute Gasteiger partial charge is 0.369 e. The Morgan fingerprint density at radius 2 is 1.83 bits per heavy atom. The SMILES string of the molecule is O=C(Cc1cccc(F)c1)N1CCCN(c2ccnc3c(F)cc(F)cc23)CC1. The number of fused-ring (bicyclic) bond motifs is 1. The minimum absolute atomic E-state index is 0.0610. The maximum absolute atomic E-state index is 14.1. The molecular formula is C22H20F3N3O. The normalized spacial score (nSPS) is 14.9. The van der Waals surface area contributed by atoms with E-state index in [0.29, 0.717) is 42.8 Å².